The molecule has 7 nitrogen and oxygen atoms in total. The highest BCUT2D eigenvalue weighted by atomic mass is 16.8. The summed E-state index contributed by atoms with van der Waals surface area (Å²) in [4.78, 5) is 14.5. The first-order valence-electron chi connectivity index (χ1n) is 11.1. The summed E-state index contributed by atoms with van der Waals surface area (Å²) in [6.45, 7) is 4.49. The summed E-state index contributed by atoms with van der Waals surface area (Å²) in [7, 11) is 0. The maximum absolute atomic E-state index is 12.8. The summed E-state index contributed by atoms with van der Waals surface area (Å²) in [5, 5.41) is 10.4. The fourth-order valence-corrected chi connectivity index (χ4v) is 4.87. The summed E-state index contributed by atoms with van der Waals surface area (Å²) in [6, 6.07) is 19.3. The molecule has 7 heteroatoms. The molecule has 6 atom stereocenters. The number of hydrogen-bond donors (Lipinski definition) is 1. The van der Waals surface area contributed by atoms with Crippen LogP contribution in [-0.4, -0.2) is 58.4 Å². The zero-order chi connectivity index (χ0) is 22.3. The van der Waals surface area contributed by atoms with Crippen LogP contribution in [0.5, 0.6) is 0 Å². The molecule has 170 valence electrons. The van der Waals surface area contributed by atoms with Gasteiger partial charge in [0.2, 0.25) is 0 Å². The first-order chi connectivity index (χ1) is 15.4. The van der Waals surface area contributed by atoms with Crippen LogP contribution in [0, 0.1) is 0 Å². The second-order valence-electron chi connectivity index (χ2n) is 9.10. The third kappa shape index (κ3) is 4.19. The van der Waals surface area contributed by atoms with Gasteiger partial charge in [0.25, 0.3) is 5.91 Å². The summed E-state index contributed by atoms with van der Waals surface area (Å²) in [5.74, 6) is -1.06. The van der Waals surface area contributed by atoms with E-state index in [0.29, 0.717) is 13.2 Å². The molecule has 3 heterocycles. The Hall–Kier alpha value is -2.29. The van der Waals surface area contributed by atoms with Gasteiger partial charge in [0.15, 0.2) is 12.1 Å². The molecule has 0 bridgehead atoms. The van der Waals surface area contributed by atoms with Crippen LogP contribution in [0.3, 0.4) is 0 Å². The second-order valence-corrected chi connectivity index (χ2v) is 9.10. The number of carbonyl (C=O) groups excluding carboxylic acids is 1. The van der Waals surface area contributed by atoms with Gasteiger partial charge in [0.1, 0.15) is 24.4 Å². The second kappa shape index (κ2) is 8.57. The Morgan fingerprint density at radius 2 is 1.66 bits per heavy atom. The molecule has 2 aromatic rings. The molecule has 1 amide bonds. The Kier molecular flexibility index (Phi) is 5.77. The van der Waals surface area contributed by atoms with E-state index in [2.05, 4.69) is 0 Å². The van der Waals surface area contributed by atoms with Crippen LogP contribution < -0.4 is 0 Å². The number of likely N-dealkylation sites (tertiary alicyclic amines) is 1. The van der Waals surface area contributed by atoms with Crippen LogP contribution >= 0.6 is 0 Å². The van der Waals surface area contributed by atoms with Crippen molar-refractivity contribution in [2.45, 2.75) is 76.0 Å². The van der Waals surface area contributed by atoms with Crippen molar-refractivity contribution in [3.05, 3.63) is 71.8 Å². The number of amides is 1. The molecule has 5 rings (SSSR count). The van der Waals surface area contributed by atoms with Gasteiger partial charge < -0.3 is 29.0 Å². The minimum Gasteiger partial charge on any atom is -0.383 e. The predicted octanol–water partition coefficient (Wildman–Crippen LogP) is 2.61. The van der Waals surface area contributed by atoms with Crippen molar-refractivity contribution in [2.24, 2.45) is 0 Å². The van der Waals surface area contributed by atoms with Gasteiger partial charge in [0.05, 0.1) is 12.6 Å². The Morgan fingerprint density at radius 1 is 1.00 bits per heavy atom. The van der Waals surface area contributed by atoms with Gasteiger partial charge in [-0.1, -0.05) is 60.7 Å². The van der Waals surface area contributed by atoms with Crippen LogP contribution in [-0.2, 0) is 36.9 Å². The molecule has 0 spiro atoms. The normalized spacial score (nSPS) is 33.6. The number of aliphatic hydroxyl groups is 1. The molecule has 3 aliphatic rings. The average molecular weight is 440 g/mol. The number of nitrogens with zero attached hydrogens (tertiary/aromatic N) is 1. The molecular formula is C25H29NO6. The van der Waals surface area contributed by atoms with Gasteiger partial charge in [-0.05, 0) is 25.0 Å². The molecule has 32 heavy (non-hydrogen) atoms. The smallest absolute Gasteiger partial charge is 0.252 e. The molecule has 0 aliphatic carbocycles. The molecule has 1 N–H and O–H groups in total. The average Bonchev–Trinajstić information content (AvgIpc) is 3.36. The third-order valence-electron chi connectivity index (χ3n) is 6.32. The van der Waals surface area contributed by atoms with Crippen molar-refractivity contribution in [2.75, 3.05) is 0 Å². The van der Waals surface area contributed by atoms with E-state index in [4.69, 9.17) is 18.9 Å². The fraction of sp³-hybridized carbons (Fsp3) is 0.480. The van der Waals surface area contributed by atoms with Crippen molar-refractivity contribution in [1.29, 1.82) is 0 Å². The highest BCUT2D eigenvalue weighted by molar-refractivity contribution is 5.83. The van der Waals surface area contributed by atoms with Crippen molar-refractivity contribution < 1.29 is 28.8 Å². The number of carbonyl (C=O) groups is 1. The van der Waals surface area contributed by atoms with Crippen molar-refractivity contribution in [3.8, 4) is 0 Å². The van der Waals surface area contributed by atoms with Gasteiger partial charge in [0, 0.05) is 13.0 Å². The number of ether oxygens (including phenoxy) is 4. The molecule has 0 radical (unpaired) electrons. The molecule has 3 fully saturated rings. The summed E-state index contributed by atoms with van der Waals surface area (Å²) >= 11 is 0. The molecule has 0 unspecified atom stereocenters. The van der Waals surface area contributed by atoms with E-state index in [9.17, 15) is 9.90 Å². The first-order valence-corrected chi connectivity index (χ1v) is 11.1. The highest BCUT2D eigenvalue weighted by Crippen LogP contribution is 2.42. The fourth-order valence-electron chi connectivity index (χ4n) is 4.87. The van der Waals surface area contributed by atoms with Crippen molar-refractivity contribution in [3.63, 3.8) is 0 Å². The Bertz CT molecular complexity index is 936. The summed E-state index contributed by atoms with van der Waals surface area (Å²) in [5.41, 5.74) is 2.03. The molecular weight excluding hydrogens is 410 g/mol. The number of fused-ring (bicyclic) bond motifs is 1. The molecule has 3 aliphatic heterocycles. The first kappa shape index (κ1) is 21.6. The Balaban J connectivity index is 1.39. The zero-order valence-corrected chi connectivity index (χ0v) is 18.3. The Morgan fingerprint density at radius 3 is 2.34 bits per heavy atom. The molecule has 3 saturated heterocycles. The van der Waals surface area contributed by atoms with Gasteiger partial charge in [-0.25, -0.2) is 0 Å². The SMILES string of the molecule is CC1(C)O[C@H]2O[C@H]([C@@H]3C[C@H](O)C(=O)N3Cc3ccccc3)[C@H](OCc3ccccc3)[C@H]2O1. The van der Waals surface area contributed by atoms with Crippen LogP contribution in [0.1, 0.15) is 31.4 Å². The number of rotatable bonds is 6. The lowest BCUT2D eigenvalue weighted by molar-refractivity contribution is -0.225. The van der Waals surface area contributed by atoms with Crippen LogP contribution in [0.25, 0.3) is 0 Å². The van der Waals surface area contributed by atoms with Gasteiger partial charge in [-0.2, -0.15) is 0 Å². The minimum atomic E-state index is -1.05. The number of aliphatic hydroxyl groups excluding tert-OH is 1. The molecule has 2 aromatic carbocycles. The largest absolute Gasteiger partial charge is 0.383 e. The summed E-state index contributed by atoms with van der Waals surface area (Å²) < 4.78 is 24.7. The lowest BCUT2D eigenvalue weighted by atomic mass is 10.00. The predicted molar refractivity (Wildman–Crippen MR) is 115 cm³/mol. The summed E-state index contributed by atoms with van der Waals surface area (Å²) in [6.07, 6.45) is -2.68. The van der Waals surface area contributed by atoms with Crippen LogP contribution in [0.2, 0.25) is 0 Å². The van der Waals surface area contributed by atoms with E-state index in [1.165, 1.54) is 0 Å². The Labute approximate surface area is 187 Å². The monoisotopic (exact) mass is 439 g/mol. The van der Waals surface area contributed by atoms with Crippen LogP contribution in [0.15, 0.2) is 60.7 Å². The quantitative estimate of drug-likeness (QED) is 0.746. The molecule has 0 saturated carbocycles. The lowest BCUT2D eigenvalue weighted by Gasteiger charge is -2.33. The van der Waals surface area contributed by atoms with E-state index in [0.717, 1.165) is 11.1 Å². The van der Waals surface area contributed by atoms with E-state index in [1.54, 1.807) is 4.90 Å². The van der Waals surface area contributed by atoms with E-state index in [-0.39, 0.29) is 18.4 Å². The highest BCUT2D eigenvalue weighted by Gasteiger charge is 2.59. The standard InChI is InChI=1S/C25H29NO6/c1-25(2)31-22-21(29-15-17-11-7-4-8-12-17)20(30-24(22)32-25)18-13-19(27)23(28)26(18)14-16-9-5-3-6-10-16/h3-12,18-22,24,27H,13-15H2,1-2H3/t18-,19-,20+,21-,22+,24+/m0/s1. The maximum atomic E-state index is 12.8. The zero-order valence-electron chi connectivity index (χ0n) is 18.3. The van der Waals surface area contributed by atoms with E-state index < -0.39 is 36.5 Å². The van der Waals surface area contributed by atoms with Crippen molar-refractivity contribution >= 4 is 5.91 Å². The van der Waals surface area contributed by atoms with Gasteiger partial charge in [-0.3, -0.25) is 4.79 Å². The topological polar surface area (TPSA) is 77.5 Å². The van der Waals surface area contributed by atoms with E-state index >= 15 is 0 Å². The molecule has 0 aromatic heterocycles. The van der Waals surface area contributed by atoms with Crippen LogP contribution in [0.4, 0.5) is 0 Å². The van der Waals surface area contributed by atoms with E-state index in [1.807, 2.05) is 74.5 Å². The lowest BCUT2D eigenvalue weighted by Crippen LogP contribution is -2.48. The van der Waals surface area contributed by atoms with Gasteiger partial charge in [-0.15, -0.1) is 0 Å². The third-order valence-corrected chi connectivity index (χ3v) is 6.32. The van der Waals surface area contributed by atoms with Crippen molar-refractivity contribution in [1.82, 2.24) is 4.90 Å². The number of hydrogen-bond acceptors (Lipinski definition) is 6. The van der Waals surface area contributed by atoms with Gasteiger partial charge >= 0.3 is 0 Å². The number of benzene rings is 2. The minimum absolute atomic E-state index is 0.282. The maximum Gasteiger partial charge on any atom is 0.252 e.